The van der Waals surface area contributed by atoms with E-state index in [0.717, 1.165) is 24.3 Å². The summed E-state index contributed by atoms with van der Waals surface area (Å²) in [5, 5.41) is 15.8. The van der Waals surface area contributed by atoms with E-state index in [1.54, 1.807) is 18.2 Å². The van der Waals surface area contributed by atoms with Crippen molar-refractivity contribution in [3.8, 4) is 5.75 Å². The van der Waals surface area contributed by atoms with Crippen molar-refractivity contribution in [2.24, 2.45) is 5.10 Å². The molecule has 2 N–H and O–H groups in total. The lowest BCUT2D eigenvalue weighted by molar-refractivity contribution is -0.296. The highest BCUT2D eigenvalue weighted by Gasteiger charge is 2.63. The van der Waals surface area contributed by atoms with Crippen LogP contribution in [0.4, 0.5) is 36.8 Å². The van der Waals surface area contributed by atoms with Crippen molar-refractivity contribution in [2.45, 2.75) is 24.7 Å². The van der Waals surface area contributed by atoms with Gasteiger partial charge in [-0.05, 0) is 29.8 Å². The zero-order valence-electron chi connectivity index (χ0n) is 14.8. The third kappa shape index (κ3) is 4.48. The third-order valence-electron chi connectivity index (χ3n) is 4.08. The molecule has 30 heavy (non-hydrogen) atoms. The Morgan fingerprint density at radius 2 is 1.63 bits per heavy atom. The summed E-state index contributed by atoms with van der Waals surface area (Å²) in [6.07, 6.45) is -11.1. The van der Waals surface area contributed by atoms with Gasteiger partial charge in [0.25, 0.3) is 5.72 Å². The number of ether oxygens (including phenoxy) is 1. The number of hydrazone groups is 1. The lowest BCUT2D eigenvalue weighted by Crippen LogP contribution is -2.57. The Morgan fingerprint density at radius 3 is 2.17 bits per heavy atom. The zero-order valence-corrected chi connectivity index (χ0v) is 14.8. The minimum absolute atomic E-state index is 0.130. The number of carbonyl (C=O) groups is 1. The Kier molecular flexibility index (Phi) is 5.37. The maximum Gasteiger partial charge on any atom is 0.573 e. The molecular formula is C18H13F6N3O3. The summed E-state index contributed by atoms with van der Waals surface area (Å²) in [4.78, 5) is 12.4. The number of alkyl halides is 6. The summed E-state index contributed by atoms with van der Waals surface area (Å²) in [7, 11) is 0. The number of nitrogens with one attached hydrogen (secondary N) is 1. The van der Waals surface area contributed by atoms with Crippen molar-refractivity contribution in [1.29, 1.82) is 0 Å². The van der Waals surface area contributed by atoms with Gasteiger partial charge in [0, 0.05) is 5.69 Å². The molecule has 0 bridgehead atoms. The van der Waals surface area contributed by atoms with Crippen LogP contribution in [0.3, 0.4) is 0 Å². The first-order valence-electron chi connectivity index (χ1n) is 8.28. The normalized spacial score (nSPS) is 19.4. The van der Waals surface area contributed by atoms with Crippen LogP contribution in [0.25, 0.3) is 0 Å². The molecule has 1 unspecified atom stereocenters. The number of rotatable bonds is 3. The fourth-order valence-electron chi connectivity index (χ4n) is 2.69. The van der Waals surface area contributed by atoms with Crippen molar-refractivity contribution in [3.05, 3.63) is 60.2 Å². The quantitative estimate of drug-likeness (QED) is 0.702. The van der Waals surface area contributed by atoms with Crippen LogP contribution < -0.4 is 10.1 Å². The molecular weight excluding hydrogens is 420 g/mol. The van der Waals surface area contributed by atoms with Crippen LogP contribution in [0, 0.1) is 0 Å². The van der Waals surface area contributed by atoms with E-state index in [-0.39, 0.29) is 22.0 Å². The Bertz CT molecular complexity index is 944. The first-order valence-corrected chi connectivity index (χ1v) is 8.28. The second kappa shape index (κ2) is 7.52. The summed E-state index contributed by atoms with van der Waals surface area (Å²) < 4.78 is 80.8. The van der Waals surface area contributed by atoms with Gasteiger partial charge in [-0.1, -0.05) is 30.3 Å². The van der Waals surface area contributed by atoms with Crippen LogP contribution in [-0.2, 0) is 0 Å². The van der Waals surface area contributed by atoms with Gasteiger partial charge in [-0.15, -0.1) is 13.2 Å². The van der Waals surface area contributed by atoms with Crippen LogP contribution in [0.2, 0.25) is 0 Å². The number of carbonyl (C=O) groups excluding carboxylic acids is 1. The molecule has 1 atom stereocenters. The molecule has 0 aliphatic carbocycles. The Hall–Kier alpha value is -3.28. The average molecular weight is 433 g/mol. The molecule has 0 saturated heterocycles. The van der Waals surface area contributed by atoms with E-state index in [1.165, 1.54) is 12.1 Å². The van der Waals surface area contributed by atoms with Crippen molar-refractivity contribution in [3.63, 3.8) is 0 Å². The lowest BCUT2D eigenvalue weighted by atomic mass is 10.0. The minimum Gasteiger partial charge on any atom is -0.406 e. The van der Waals surface area contributed by atoms with Crippen LogP contribution >= 0.6 is 0 Å². The number of nitrogens with zero attached hydrogens (tertiary/aromatic N) is 2. The van der Waals surface area contributed by atoms with Crippen LogP contribution in [0.1, 0.15) is 12.0 Å². The lowest BCUT2D eigenvalue weighted by Gasteiger charge is -2.32. The fraction of sp³-hybridized carbons (Fsp3) is 0.222. The standard InChI is InChI=1S/C18H13F6N3O3/c19-17(20,21)16(29)10-14(11-4-2-1-3-5-11)26-27(16)15(28)25-12-6-8-13(9-7-12)30-18(22,23)24/h1-9,29H,10H2,(H,25,28). The zero-order chi connectivity index (χ0) is 22.2. The highest BCUT2D eigenvalue weighted by Crippen LogP contribution is 2.41. The van der Waals surface area contributed by atoms with E-state index < -0.39 is 36.5 Å². The smallest absolute Gasteiger partial charge is 0.406 e. The van der Waals surface area contributed by atoms with Gasteiger partial charge >= 0.3 is 18.6 Å². The maximum atomic E-state index is 13.5. The Balaban J connectivity index is 1.83. The second-order valence-electron chi connectivity index (χ2n) is 6.22. The Morgan fingerprint density at radius 1 is 1.03 bits per heavy atom. The predicted octanol–water partition coefficient (Wildman–Crippen LogP) is 4.48. The van der Waals surface area contributed by atoms with E-state index in [9.17, 15) is 36.2 Å². The SMILES string of the molecule is O=C(Nc1ccc(OC(F)(F)F)cc1)N1N=C(c2ccccc2)CC1(O)C(F)(F)F. The number of halogens is 6. The van der Waals surface area contributed by atoms with Gasteiger partial charge in [0.05, 0.1) is 12.1 Å². The van der Waals surface area contributed by atoms with Crippen LogP contribution in [-0.4, -0.2) is 40.1 Å². The van der Waals surface area contributed by atoms with Gasteiger partial charge in [0.2, 0.25) is 0 Å². The molecule has 160 valence electrons. The van der Waals surface area contributed by atoms with Gasteiger partial charge in [-0.25, -0.2) is 4.79 Å². The predicted molar refractivity (Wildman–Crippen MR) is 92.6 cm³/mol. The molecule has 0 fully saturated rings. The average Bonchev–Trinajstić information content (AvgIpc) is 3.02. The van der Waals surface area contributed by atoms with E-state index in [1.807, 2.05) is 0 Å². The van der Waals surface area contributed by atoms with Gasteiger partial charge in [0.1, 0.15) is 5.75 Å². The van der Waals surface area contributed by atoms with E-state index >= 15 is 0 Å². The van der Waals surface area contributed by atoms with Gasteiger partial charge < -0.3 is 15.2 Å². The maximum absolute atomic E-state index is 13.5. The summed E-state index contributed by atoms with van der Waals surface area (Å²) in [6.45, 7) is 0. The molecule has 3 rings (SSSR count). The molecule has 12 heteroatoms. The number of amides is 2. The molecule has 1 heterocycles. The molecule has 0 aromatic heterocycles. The van der Waals surface area contributed by atoms with Gasteiger partial charge in [-0.3, -0.25) is 0 Å². The number of benzene rings is 2. The monoisotopic (exact) mass is 433 g/mol. The molecule has 2 amide bonds. The van der Waals surface area contributed by atoms with E-state index in [4.69, 9.17) is 0 Å². The minimum atomic E-state index is -5.23. The number of aliphatic hydroxyl groups is 1. The van der Waals surface area contributed by atoms with Crippen molar-refractivity contribution >= 4 is 17.4 Å². The number of anilines is 1. The molecule has 0 spiro atoms. The number of hydrogen-bond acceptors (Lipinski definition) is 4. The second-order valence-corrected chi connectivity index (χ2v) is 6.22. The molecule has 0 saturated carbocycles. The summed E-state index contributed by atoms with van der Waals surface area (Å²) in [5.41, 5.74) is -3.62. The largest absolute Gasteiger partial charge is 0.573 e. The highest BCUT2D eigenvalue weighted by molar-refractivity contribution is 6.04. The van der Waals surface area contributed by atoms with E-state index in [2.05, 4.69) is 15.2 Å². The first kappa shape index (κ1) is 21.4. The number of urea groups is 1. The number of hydrogen-bond donors (Lipinski definition) is 2. The highest BCUT2D eigenvalue weighted by atomic mass is 19.4. The van der Waals surface area contributed by atoms with Gasteiger partial charge in [0.15, 0.2) is 0 Å². The Labute approximate surface area is 165 Å². The summed E-state index contributed by atoms with van der Waals surface area (Å²) in [6, 6.07) is 9.95. The first-order chi connectivity index (χ1) is 13.9. The van der Waals surface area contributed by atoms with Gasteiger partial charge in [-0.2, -0.15) is 23.3 Å². The van der Waals surface area contributed by atoms with E-state index in [0.29, 0.717) is 0 Å². The molecule has 2 aromatic rings. The topological polar surface area (TPSA) is 74.2 Å². The fourth-order valence-corrected chi connectivity index (χ4v) is 2.69. The van der Waals surface area contributed by atoms with Crippen molar-refractivity contribution < 1.29 is 41.0 Å². The summed E-state index contributed by atoms with van der Waals surface area (Å²) >= 11 is 0. The third-order valence-corrected chi connectivity index (χ3v) is 4.08. The molecule has 1 aliphatic heterocycles. The molecule has 0 radical (unpaired) electrons. The summed E-state index contributed by atoms with van der Waals surface area (Å²) in [5.74, 6) is -0.585. The van der Waals surface area contributed by atoms with Crippen LogP contribution in [0.5, 0.6) is 5.75 Å². The van der Waals surface area contributed by atoms with Crippen molar-refractivity contribution in [1.82, 2.24) is 5.01 Å². The van der Waals surface area contributed by atoms with Crippen molar-refractivity contribution in [2.75, 3.05) is 5.32 Å². The van der Waals surface area contributed by atoms with Crippen LogP contribution in [0.15, 0.2) is 59.7 Å². The molecule has 2 aromatic carbocycles. The molecule has 6 nitrogen and oxygen atoms in total. The molecule has 1 aliphatic rings.